The van der Waals surface area contributed by atoms with Crippen molar-refractivity contribution in [3.05, 3.63) is 0 Å². The summed E-state index contributed by atoms with van der Waals surface area (Å²) in [6.45, 7) is 4.85. The van der Waals surface area contributed by atoms with E-state index in [1.165, 1.54) is 18.7 Å². The average Bonchev–Trinajstić information content (AvgIpc) is 2.18. The zero-order chi connectivity index (χ0) is 11.4. The van der Waals surface area contributed by atoms with Gasteiger partial charge in [-0.25, -0.2) is 9.69 Å². The van der Waals surface area contributed by atoms with Crippen molar-refractivity contribution in [1.29, 1.82) is 0 Å². The number of hydrogen-bond acceptors (Lipinski definition) is 4. The maximum Gasteiger partial charge on any atom is 0.333 e. The van der Waals surface area contributed by atoms with Crippen molar-refractivity contribution in [2.45, 2.75) is 13.8 Å². The van der Waals surface area contributed by atoms with E-state index in [0.29, 0.717) is 31.1 Å². The summed E-state index contributed by atoms with van der Waals surface area (Å²) < 4.78 is 0. The number of hydrogen-bond donors (Lipinski definition) is 1. The molecule has 84 valence electrons. The van der Waals surface area contributed by atoms with Gasteiger partial charge in [0.1, 0.15) is 0 Å². The van der Waals surface area contributed by atoms with Gasteiger partial charge < -0.3 is 10.2 Å². The molecule has 0 aromatic heterocycles. The van der Waals surface area contributed by atoms with Crippen LogP contribution in [0.15, 0.2) is 0 Å². The summed E-state index contributed by atoms with van der Waals surface area (Å²) in [4.78, 5) is 36.2. The van der Waals surface area contributed by atoms with Crippen LogP contribution in [0.1, 0.15) is 13.8 Å². The van der Waals surface area contributed by atoms with Gasteiger partial charge in [-0.3, -0.25) is 9.59 Å². The first-order valence-corrected chi connectivity index (χ1v) is 4.85. The van der Waals surface area contributed by atoms with Gasteiger partial charge in [0, 0.05) is 40.0 Å². The molecule has 6 nitrogen and oxygen atoms in total. The third-order valence-corrected chi connectivity index (χ3v) is 2.21. The Morgan fingerprint density at radius 3 is 1.93 bits per heavy atom. The lowest BCUT2D eigenvalue weighted by Crippen LogP contribution is -2.53. The number of carbonyl (C=O) groups is 3. The molecule has 1 saturated heterocycles. The second-order valence-electron chi connectivity index (χ2n) is 3.39. The summed E-state index contributed by atoms with van der Waals surface area (Å²) in [5, 5.41) is 3.08. The molecule has 0 saturated carbocycles. The highest BCUT2D eigenvalue weighted by atomic mass is 16.2. The van der Waals surface area contributed by atoms with Crippen molar-refractivity contribution in [2.24, 2.45) is 0 Å². The van der Waals surface area contributed by atoms with Gasteiger partial charge in [0.15, 0.2) is 0 Å². The fourth-order valence-electron chi connectivity index (χ4n) is 1.49. The predicted octanol–water partition coefficient (Wildman–Crippen LogP) is -0.593. The average molecular weight is 213 g/mol. The maximum atomic E-state index is 11.8. The van der Waals surface area contributed by atoms with Crippen LogP contribution in [0.25, 0.3) is 0 Å². The van der Waals surface area contributed by atoms with E-state index in [0.717, 1.165) is 0 Å². The standard InChI is InChI=1S/C9H15N3O3/c1-7(13)12(8(2)14)9(15)11-5-3-10-4-6-11/h10H,3-6H2,1-2H3. The molecule has 0 radical (unpaired) electrons. The molecule has 6 heteroatoms. The molecular formula is C9H15N3O3. The van der Waals surface area contributed by atoms with Gasteiger partial charge in [-0.1, -0.05) is 0 Å². The fourth-order valence-corrected chi connectivity index (χ4v) is 1.49. The molecule has 1 aliphatic heterocycles. The molecule has 1 N–H and O–H groups in total. The van der Waals surface area contributed by atoms with Gasteiger partial charge in [-0.05, 0) is 0 Å². The Labute approximate surface area is 88.2 Å². The number of carbonyl (C=O) groups excluding carboxylic acids is 3. The molecule has 15 heavy (non-hydrogen) atoms. The van der Waals surface area contributed by atoms with Gasteiger partial charge in [-0.15, -0.1) is 0 Å². The second-order valence-corrected chi connectivity index (χ2v) is 3.39. The molecule has 1 heterocycles. The van der Waals surface area contributed by atoms with Gasteiger partial charge in [0.25, 0.3) is 0 Å². The minimum Gasteiger partial charge on any atom is -0.321 e. The Balaban J connectivity index is 2.70. The van der Waals surface area contributed by atoms with E-state index in [9.17, 15) is 14.4 Å². The number of rotatable bonds is 0. The van der Waals surface area contributed by atoms with Crippen LogP contribution in [0, 0.1) is 0 Å². The number of urea groups is 1. The van der Waals surface area contributed by atoms with Crippen LogP contribution in [0.5, 0.6) is 0 Å². The summed E-state index contributed by atoms with van der Waals surface area (Å²) in [6.07, 6.45) is 0. The largest absolute Gasteiger partial charge is 0.333 e. The summed E-state index contributed by atoms with van der Waals surface area (Å²) in [5.74, 6) is -1.07. The van der Waals surface area contributed by atoms with Crippen LogP contribution in [0.3, 0.4) is 0 Å². The van der Waals surface area contributed by atoms with E-state index in [1.54, 1.807) is 0 Å². The number of amides is 4. The van der Waals surface area contributed by atoms with E-state index in [-0.39, 0.29) is 0 Å². The second kappa shape index (κ2) is 4.88. The number of piperazine rings is 1. The Morgan fingerprint density at radius 1 is 1.07 bits per heavy atom. The molecule has 0 atom stereocenters. The Hall–Kier alpha value is -1.43. The first kappa shape index (κ1) is 11.6. The van der Waals surface area contributed by atoms with Crippen molar-refractivity contribution >= 4 is 17.8 Å². The fraction of sp³-hybridized carbons (Fsp3) is 0.667. The molecular weight excluding hydrogens is 198 g/mol. The molecule has 0 bridgehead atoms. The molecule has 1 fully saturated rings. The van der Waals surface area contributed by atoms with Crippen LogP contribution >= 0.6 is 0 Å². The van der Waals surface area contributed by atoms with Crippen LogP contribution in [0.4, 0.5) is 4.79 Å². The van der Waals surface area contributed by atoms with Crippen molar-refractivity contribution in [3.8, 4) is 0 Å². The number of nitrogens with one attached hydrogen (secondary N) is 1. The summed E-state index contributed by atoms with van der Waals surface area (Å²) in [7, 11) is 0. The van der Waals surface area contributed by atoms with Gasteiger partial charge in [-0.2, -0.15) is 0 Å². The topological polar surface area (TPSA) is 69.7 Å². The predicted molar refractivity (Wildman–Crippen MR) is 53.0 cm³/mol. The van der Waals surface area contributed by atoms with Crippen LogP contribution < -0.4 is 5.32 Å². The third kappa shape index (κ3) is 2.76. The van der Waals surface area contributed by atoms with Crippen LogP contribution in [0.2, 0.25) is 0 Å². The third-order valence-electron chi connectivity index (χ3n) is 2.21. The van der Waals surface area contributed by atoms with E-state index >= 15 is 0 Å². The monoisotopic (exact) mass is 213 g/mol. The first-order chi connectivity index (χ1) is 7.04. The van der Waals surface area contributed by atoms with Crippen molar-refractivity contribution in [3.63, 3.8) is 0 Å². The van der Waals surface area contributed by atoms with E-state index in [1.807, 2.05) is 0 Å². The lowest BCUT2D eigenvalue weighted by atomic mass is 10.3. The summed E-state index contributed by atoms with van der Waals surface area (Å²) in [6, 6.07) is -0.517. The van der Waals surface area contributed by atoms with Gasteiger partial charge in [0.05, 0.1) is 0 Å². The lowest BCUT2D eigenvalue weighted by molar-refractivity contribution is -0.138. The molecule has 1 rings (SSSR count). The van der Waals surface area contributed by atoms with Crippen molar-refractivity contribution in [2.75, 3.05) is 26.2 Å². The zero-order valence-electron chi connectivity index (χ0n) is 8.95. The molecule has 1 aliphatic rings. The van der Waals surface area contributed by atoms with Gasteiger partial charge in [0.2, 0.25) is 11.8 Å². The lowest BCUT2D eigenvalue weighted by Gasteiger charge is -2.30. The summed E-state index contributed by atoms with van der Waals surface area (Å²) in [5.41, 5.74) is 0. The summed E-state index contributed by atoms with van der Waals surface area (Å²) >= 11 is 0. The highest BCUT2D eigenvalue weighted by Crippen LogP contribution is 2.02. The molecule has 0 spiro atoms. The Bertz CT molecular complexity index is 270. The SMILES string of the molecule is CC(=O)N(C(C)=O)C(=O)N1CCNCC1. The van der Waals surface area contributed by atoms with Gasteiger partial charge >= 0.3 is 6.03 Å². The Morgan fingerprint density at radius 2 is 1.53 bits per heavy atom. The molecule has 0 unspecified atom stereocenters. The van der Waals surface area contributed by atoms with Crippen LogP contribution in [-0.4, -0.2) is 53.8 Å². The molecule has 0 aromatic rings. The van der Waals surface area contributed by atoms with E-state index in [2.05, 4.69) is 5.32 Å². The molecule has 0 aromatic carbocycles. The molecule has 0 aliphatic carbocycles. The molecule has 4 amide bonds. The highest BCUT2D eigenvalue weighted by molar-refractivity contribution is 6.08. The number of imide groups is 3. The zero-order valence-corrected chi connectivity index (χ0v) is 8.95. The van der Waals surface area contributed by atoms with E-state index < -0.39 is 17.8 Å². The minimum absolute atomic E-state index is 0.517. The van der Waals surface area contributed by atoms with Crippen molar-refractivity contribution < 1.29 is 14.4 Å². The van der Waals surface area contributed by atoms with E-state index in [4.69, 9.17) is 0 Å². The number of nitrogens with zero attached hydrogens (tertiary/aromatic N) is 2. The first-order valence-electron chi connectivity index (χ1n) is 4.85. The normalized spacial score (nSPS) is 16.0. The smallest absolute Gasteiger partial charge is 0.321 e. The van der Waals surface area contributed by atoms with Crippen LogP contribution in [-0.2, 0) is 9.59 Å². The highest BCUT2D eigenvalue weighted by Gasteiger charge is 2.28. The quantitative estimate of drug-likeness (QED) is 0.583. The minimum atomic E-state index is -0.536. The van der Waals surface area contributed by atoms with Crippen molar-refractivity contribution in [1.82, 2.24) is 15.1 Å². The Kier molecular flexibility index (Phi) is 3.79. The maximum absolute atomic E-state index is 11.8.